The third-order valence-corrected chi connectivity index (χ3v) is 3.80. The van der Waals surface area contributed by atoms with Gasteiger partial charge in [0.1, 0.15) is 12.4 Å². The zero-order chi connectivity index (χ0) is 13.1. The van der Waals surface area contributed by atoms with Crippen molar-refractivity contribution in [3.05, 3.63) is 29.3 Å². The molecule has 1 fully saturated rings. The average Bonchev–Trinajstić information content (AvgIpc) is 2.79. The Labute approximate surface area is 108 Å². The smallest absolute Gasteiger partial charge is 0.124 e. The molecule has 0 spiro atoms. The molecule has 1 heterocycles. The average molecular weight is 252 g/mol. The van der Waals surface area contributed by atoms with Crippen LogP contribution < -0.4 is 10.5 Å². The van der Waals surface area contributed by atoms with Crippen molar-refractivity contribution >= 4 is 0 Å². The topological polar surface area (TPSA) is 38.5 Å². The molecule has 2 atom stereocenters. The van der Waals surface area contributed by atoms with Crippen LogP contribution in [0.25, 0.3) is 0 Å². The molecule has 4 heteroatoms. The number of halogens is 1. The molecule has 1 aliphatic heterocycles. The van der Waals surface area contributed by atoms with Gasteiger partial charge in [-0.1, -0.05) is 6.07 Å². The summed E-state index contributed by atoms with van der Waals surface area (Å²) in [6.07, 6.45) is 1.05. The summed E-state index contributed by atoms with van der Waals surface area (Å²) in [4.78, 5) is 2.29. The first-order valence-electron chi connectivity index (χ1n) is 6.32. The van der Waals surface area contributed by atoms with Crippen LogP contribution in [-0.4, -0.2) is 32.1 Å². The number of methoxy groups -OCH3 is 1. The molecule has 0 saturated carbocycles. The van der Waals surface area contributed by atoms with Crippen LogP contribution in [0.15, 0.2) is 18.2 Å². The van der Waals surface area contributed by atoms with Gasteiger partial charge in [-0.2, -0.15) is 0 Å². The molecule has 0 aromatic heterocycles. The fraction of sp³-hybridized carbons (Fsp3) is 0.571. The van der Waals surface area contributed by atoms with E-state index in [0.29, 0.717) is 29.8 Å². The van der Waals surface area contributed by atoms with Crippen molar-refractivity contribution < 1.29 is 9.13 Å². The van der Waals surface area contributed by atoms with E-state index in [-0.39, 0.29) is 0 Å². The lowest BCUT2D eigenvalue weighted by atomic mass is 9.98. The fourth-order valence-electron chi connectivity index (χ4n) is 2.78. The van der Waals surface area contributed by atoms with Crippen LogP contribution in [0.3, 0.4) is 0 Å². The molecule has 0 radical (unpaired) electrons. The van der Waals surface area contributed by atoms with Gasteiger partial charge in [-0.05, 0) is 43.6 Å². The summed E-state index contributed by atoms with van der Waals surface area (Å²) in [7, 11) is 3.67. The molecule has 0 amide bonds. The lowest BCUT2D eigenvalue weighted by Gasteiger charge is -2.20. The second kappa shape index (κ2) is 5.67. The van der Waals surface area contributed by atoms with Crippen molar-refractivity contribution in [2.75, 3.05) is 27.2 Å². The normalized spacial score (nSPS) is 24.4. The second-order valence-corrected chi connectivity index (χ2v) is 5.00. The number of hydrogen-bond donors (Lipinski definition) is 1. The van der Waals surface area contributed by atoms with Crippen molar-refractivity contribution in [3.63, 3.8) is 0 Å². The maximum Gasteiger partial charge on any atom is 0.124 e. The lowest BCUT2D eigenvalue weighted by molar-refractivity contribution is 0.312. The number of rotatable bonds is 4. The molecular weight excluding hydrogens is 231 g/mol. The molecule has 1 aromatic rings. The molecule has 0 aliphatic carbocycles. The molecule has 18 heavy (non-hydrogen) atoms. The summed E-state index contributed by atoms with van der Waals surface area (Å²) in [5, 5.41) is 0. The predicted molar refractivity (Wildman–Crippen MR) is 70.3 cm³/mol. The van der Waals surface area contributed by atoms with Gasteiger partial charge >= 0.3 is 0 Å². The van der Waals surface area contributed by atoms with Crippen LogP contribution in [0.2, 0.25) is 0 Å². The van der Waals surface area contributed by atoms with Crippen molar-refractivity contribution in [1.82, 2.24) is 4.90 Å². The number of benzene rings is 1. The van der Waals surface area contributed by atoms with Crippen LogP contribution in [0.1, 0.15) is 23.6 Å². The van der Waals surface area contributed by atoms with Crippen LogP contribution >= 0.6 is 0 Å². The van der Waals surface area contributed by atoms with Crippen LogP contribution in [0, 0.1) is 5.92 Å². The van der Waals surface area contributed by atoms with E-state index in [4.69, 9.17) is 10.5 Å². The minimum Gasteiger partial charge on any atom is -0.496 e. The number of ether oxygens (including phenoxy) is 1. The fourth-order valence-corrected chi connectivity index (χ4v) is 2.78. The SMILES string of the molecule is COc1ccc(C2CC(CN)CN2C)cc1CF. The van der Waals surface area contributed by atoms with Gasteiger partial charge < -0.3 is 10.5 Å². The van der Waals surface area contributed by atoms with Gasteiger partial charge in [0.25, 0.3) is 0 Å². The Bertz CT molecular complexity index is 411. The van der Waals surface area contributed by atoms with Gasteiger partial charge in [0.15, 0.2) is 0 Å². The number of nitrogens with zero attached hydrogens (tertiary/aromatic N) is 1. The third-order valence-electron chi connectivity index (χ3n) is 3.80. The highest BCUT2D eigenvalue weighted by atomic mass is 19.1. The van der Waals surface area contributed by atoms with E-state index in [9.17, 15) is 4.39 Å². The summed E-state index contributed by atoms with van der Waals surface area (Å²) >= 11 is 0. The van der Waals surface area contributed by atoms with E-state index in [1.54, 1.807) is 7.11 Å². The second-order valence-electron chi connectivity index (χ2n) is 5.00. The Kier molecular flexibility index (Phi) is 4.19. The largest absolute Gasteiger partial charge is 0.496 e. The Morgan fingerprint density at radius 3 is 2.83 bits per heavy atom. The van der Waals surface area contributed by atoms with E-state index in [2.05, 4.69) is 11.9 Å². The summed E-state index contributed by atoms with van der Waals surface area (Å²) in [6, 6.07) is 6.14. The van der Waals surface area contributed by atoms with E-state index in [1.165, 1.54) is 0 Å². The maximum atomic E-state index is 13.0. The molecule has 2 rings (SSSR count). The summed E-state index contributed by atoms with van der Waals surface area (Å²) in [5.74, 6) is 1.16. The lowest BCUT2D eigenvalue weighted by Crippen LogP contribution is -2.20. The van der Waals surface area contributed by atoms with Gasteiger partial charge in [-0.25, -0.2) is 4.39 Å². The Balaban J connectivity index is 2.23. The van der Waals surface area contributed by atoms with E-state index < -0.39 is 6.67 Å². The summed E-state index contributed by atoms with van der Waals surface area (Å²) < 4.78 is 18.1. The quantitative estimate of drug-likeness (QED) is 0.892. The summed E-state index contributed by atoms with van der Waals surface area (Å²) in [6.45, 7) is 1.24. The zero-order valence-electron chi connectivity index (χ0n) is 11.0. The van der Waals surface area contributed by atoms with Crippen LogP contribution in [0.5, 0.6) is 5.75 Å². The first-order chi connectivity index (χ1) is 8.69. The standard InChI is InChI=1S/C14H21FN2O/c1-17-9-10(8-16)5-13(17)11-3-4-14(18-2)12(6-11)7-15/h3-4,6,10,13H,5,7-9,16H2,1-2H3. The van der Waals surface area contributed by atoms with Crippen molar-refractivity contribution in [3.8, 4) is 5.75 Å². The van der Waals surface area contributed by atoms with Gasteiger partial charge in [0.05, 0.1) is 7.11 Å². The molecule has 2 N–H and O–H groups in total. The molecule has 2 unspecified atom stereocenters. The zero-order valence-corrected chi connectivity index (χ0v) is 11.0. The highest BCUT2D eigenvalue weighted by Gasteiger charge is 2.29. The monoisotopic (exact) mass is 252 g/mol. The van der Waals surface area contributed by atoms with Crippen LogP contribution in [-0.2, 0) is 6.67 Å². The molecule has 100 valence electrons. The highest BCUT2D eigenvalue weighted by molar-refractivity contribution is 5.38. The van der Waals surface area contributed by atoms with Gasteiger partial charge in [0.2, 0.25) is 0 Å². The number of nitrogens with two attached hydrogens (primary N) is 1. The van der Waals surface area contributed by atoms with E-state index in [0.717, 1.165) is 18.5 Å². The number of likely N-dealkylation sites (tertiary alicyclic amines) is 1. The van der Waals surface area contributed by atoms with Gasteiger partial charge in [0, 0.05) is 18.2 Å². The first kappa shape index (κ1) is 13.3. The molecule has 1 aromatic carbocycles. The third kappa shape index (κ3) is 2.49. The van der Waals surface area contributed by atoms with Crippen molar-refractivity contribution in [2.24, 2.45) is 11.7 Å². The number of alkyl halides is 1. The molecule has 0 bridgehead atoms. The van der Waals surface area contributed by atoms with Gasteiger partial charge in [-0.15, -0.1) is 0 Å². The van der Waals surface area contributed by atoms with Crippen LogP contribution in [0.4, 0.5) is 4.39 Å². The van der Waals surface area contributed by atoms with E-state index in [1.807, 2.05) is 18.2 Å². The minimum absolute atomic E-state index is 0.342. The van der Waals surface area contributed by atoms with Crippen molar-refractivity contribution in [1.29, 1.82) is 0 Å². The van der Waals surface area contributed by atoms with Crippen molar-refractivity contribution in [2.45, 2.75) is 19.1 Å². The molecule has 1 aliphatic rings. The maximum absolute atomic E-state index is 13.0. The number of hydrogen-bond acceptors (Lipinski definition) is 3. The van der Waals surface area contributed by atoms with Gasteiger partial charge in [-0.3, -0.25) is 4.90 Å². The minimum atomic E-state index is -0.492. The Morgan fingerprint density at radius 1 is 1.50 bits per heavy atom. The Hall–Kier alpha value is -1.13. The molecule has 3 nitrogen and oxygen atoms in total. The highest BCUT2D eigenvalue weighted by Crippen LogP contribution is 2.35. The summed E-state index contributed by atoms with van der Waals surface area (Å²) in [5.41, 5.74) is 7.51. The molecule has 1 saturated heterocycles. The Morgan fingerprint density at radius 2 is 2.28 bits per heavy atom. The molecular formula is C14H21FN2O. The van der Waals surface area contributed by atoms with E-state index >= 15 is 0 Å². The first-order valence-corrected chi connectivity index (χ1v) is 6.32. The predicted octanol–water partition coefficient (Wildman–Crippen LogP) is 2.12.